The van der Waals surface area contributed by atoms with Crippen LogP contribution >= 0.6 is 11.3 Å². The highest BCUT2D eigenvalue weighted by Gasteiger charge is 2.18. The summed E-state index contributed by atoms with van der Waals surface area (Å²) in [4.78, 5) is 13.0. The van der Waals surface area contributed by atoms with Crippen molar-refractivity contribution in [2.24, 2.45) is 0 Å². The summed E-state index contributed by atoms with van der Waals surface area (Å²) in [7, 11) is 0. The van der Waals surface area contributed by atoms with Crippen LogP contribution in [0, 0.1) is 5.82 Å². The summed E-state index contributed by atoms with van der Waals surface area (Å²) in [5.41, 5.74) is 2.23. The lowest BCUT2D eigenvalue weighted by atomic mass is 10.1. The number of hydrogen-bond acceptors (Lipinski definition) is 7. The van der Waals surface area contributed by atoms with E-state index in [1.54, 1.807) is 29.5 Å². The Hall–Kier alpha value is -3.07. The number of nitrogens with one attached hydrogen (secondary N) is 1. The molecule has 0 atom stereocenters. The van der Waals surface area contributed by atoms with Gasteiger partial charge >= 0.3 is 0 Å². The van der Waals surface area contributed by atoms with Crippen molar-refractivity contribution in [3.63, 3.8) is 0 Å². The SMILES string of the molecule is Fc1ccccc1OCCNc1nc(CN2CCOCC2)nc2scc(-c3ccccc3)c12. The molecule has 2 aromatic heterocycles. The van der Waals surface area contributed by atoms with E-state index in [0.717, 1.165) is 59.3 Å². The van der Waals surface area contributed by atoms with Crippen LogP contribution < -0.4 is 10.1 Å². The quantitative estimate of drug-likeness (QED) is 0.377. The second-order valence-corrected chi connectivity index (χ2v) is 8.64. The molecule has 1 saturated heterocycles. The van der Waals surface area contributed by atoms with Crippen LogP contribution in [-0.2, 0) is 11.3 Å². The number of nitrogens with zero attached hydrogens (tertiary/aromatic N) is 3. The van der Waals surface area contributed by atoms with Gasteiger partial charge in [-0.25, -0.2) is 14.4 Å². The second kappa shape index (κ2) is 10.2. The predicted molar refractivity (Wildman–Crippen MR) is 129 cm³/mol. The van der Waals surface area contributed by atoms with Gasteiger partial charge in [-0.1, -0.05) is 42.5 Å². The van der Waals surface area contributed by atoms with Gasteiger partial charge in [0, 0.05) is 24.0 Å². The standard InChI is InChI=1S/C25H25FN4O2S/c26-20-8-4-5-9-21(20)32-13-10-27-24-23-19(18-6-2-1-3-7-18)17-33-25(23)29-22(28-24)16-30-11-14-31-15-12-30/h1-9,17H,10-16H2,(H,27,28,29). The Morgan fingerprint density at radius 1 is 1.03 bits per heavy atom. The first kappa shape index (κ1) is 21.8. The van der Waals surface area contributed by atoms with Gasteiger partial charge < -0.3 is 14.8 Å². The highest BCUT2D eigenvalue weighted by Crippen LogP contribution is 2.37. The molecule has 0 amide bonds. The number of ether oxygens (including phenoxy) is 2. The van der Waals surface area contributed by atoms with E-state index in [0.29, 0.717) is 19.7 Å². The van der Waals surface area contributed by atoms with E-state index < -0.39 is 0 Å². The molecular weight excluding hydrogens is 439 g/mol. The monoisotopic (exact) mass is 464 g/mol. The Kier molecular flexibility index (Phi) is 6.76. The number of para-hydroxylation sites is 1. The Balaban J connectivity index is 1.40. The number of aromatic nitrogens is 2. The molecule has 1 aliphatic heterocycles. The van der Waals surface area contributed by atoms with Gasteiger partial charge in [-0.05, 0) is 17.7 Å². The number of rotatable bonds is 8. The average Bonchev–Trinajstić information content (AvgIpc) is 3.28. The van der Waals surface area contributed by atoms with Gasteiger partial charge in [-0.3, -0.25) is 4.90 Å². The molecule has 1 N–H and O–H groups in total. The van der Waals surface area contributed by atoms with Gasteiger partial charge in [0.25, 0.3) is 0 Å². The summed E-state index contributed by atoms with van der Waals surface area (Å²) in [6, 6.07) is 16.7. The molecule has 4 aromatic rings. The number of benzene rings is 2. The fourth-order valence-electron chi connectivity index (χ4n) is 3.87. The van der Waals surface area contributed by atoms with Crippen LogP contribution in [0.5, 0.6) is 5.75 Å². The van der Waals surface area contributed by atoms with E-state index in [4.69, 9.17) is 19.4 Å². The molecular formula is C25H25FN4O2S. The lowest BCUT2D eigenvalue weighted by Crippen LogP contribution is -2.36. The highest BCUT2D eigenvalue weighted by molar-refractivity contribution is 7.17. The van der Waals surface area contributed by atoms with Crippen LogP contribution in [0.2, 0.25) is 0 Å². The Morgan fingerprint density at radius 2 is 1.82 bits per heavy atom. The molecule has 5 rings (SSSR count). The molecule has 0 radical (unpaired) electrons. The minimum atomic E-state index is -0.362. The lowest BCUT2D eigenvalue weighted by molar-refractivity contribution is 0.0331. The molecule has 1 fully saturated rings. The zero-order chi connectivity index (χ0) is 22.5. The summed E-state index contributed by atoms with van der Waals surface area (Å²) >= 11 is 1.62. The fourth-order valence-corrected chi connectivity index (χ4v) is 4.83. The maximum Gasteiger partial charge on any atom is 0.165 e. The van der Waals surface area contributed by atoms with Crippen LogP contribution in [0.3, 0.4) is 0 Å². The van der Waals surface area contributed by atoms with E-state index in [9.17, 15) is 4.39 Å². The van der Waals surface area contributed by atoms with Gasteiger partial charge in [0.2, 0.25) is 0 Å². The largest absolute Gasteiger partial charge is 0.489 e. The van der Waals surface area contributed by atoms with Crippen LogP contribution in [0.25, 0.3) is 21.3 Å². The van der Waals surface area contributed by atoms with E-state index in [-0.39, 0.29) is 11.6 Å². The van der Waals surface area contributed by atoms with Gasteiger partial charge in [-0.15, -0.1) is 11.3 Å². The molecule has 0 unspecified atom stereocenters. The van der Waals surface area contributed by atoms with Crippen molar-refractivity contribution < 1.29 is 13.9 Å². The van der Waals surface area contributed by atoms with E-state index in [1.165, 1.54) is 6.07 Å². The molecule has 8 heteroatoms. The normalized spacial score (nSPS) is 14.5. The highest BCUT2D eigenvalue weighted by atomic mass is 32.1. The first-order valence-electron chi connectivity index (χ1n) is 11.0. The van der Waals surface area contributed by atoms with Gasteiger partial charge in [0.15, 0.2) is 11.6 Å². The molecule has 33 heavy (non-hydrogen) atoms. The summed E-state index contributed by atoms with van der Waals surface area (Å²) in [6.07, 6.45) is 0. The van der Waals surface area contributed by atoms with Gasteiger partial charge in [-0.2, -0.15) is 0 Å². The van der Waals surface area contributed by atoms with E-state index in [1.807, 2.05) is 18.2 Å². The molecule has 2 aromatic carbocycles. The van der Waals surface area contributed by atoms with E-state index >= 15 is 0 Å². The summed E-state index contributed by atoms with van der Waals surface area (Å²) in [5.74, 6) is 1.45. The average molecular weight is 465 g/mol. The molecule has 0 saturated carbocycles. The molecule has 0 spiro atoms. The van der Waals surface area contributed by atoms with Crippen LogP contribution in [-0.4, -0.2) is 54.3 Å². The predicted octanol–water partition coefficient (Wildman–Crippen LogP) is 4.82. The number of thiophene rings is 1. The maximum atomic E-state index is 13.8. The van der Waals surface area contributed by atoms with Crippen molar-refractivity contribution in [2.75, 3.05) is 44.8 Å². The number of hydrogen-bond donors (Lipinski definition) is 1. The van der Waals surface area contributed by atoms with Crippen molar-refractivity contribution in [3.8, 4) is 16.9 Å². The molecule has 1 aliphatic rings. The smallest absolute Gasteiger partial charge is 0.165 e. The van der Waals surface area contributed by atoms with Crippen molar-refractivity contribution in [3.05, 3.63) is 71.6 Å². The molecule has 3 heterocycles. The van der Waals surface area contributed by atoms with Crippen molar-refractivity contribution in [1.82, 2.24) is 14.9 Å². The zero-order valence-corrected chi connectivity index (χ0v) is 19.0. The number of anilines is 1. The van der Waals surface area contributed by atoms with Gasteiger partial charge in [0.05, 0.1) is 31.7 Å². The maximum absolute atomic E-state index is 13.8. The first-order valence-corrected chi connectivity index (χ1v) is 11.9. The third-order valence-electron chi connectivity index (χ3n) is 5.52. The summed E-state index contributed by atoms with van der Waals surface area (Å²) in [6.45, 7) is 4.70. The molecule has 6 nitrogen and oxygen atoms in total. The molecule has 0 aliphatic carbocycles. The molecule has 0 bridgehead atoms. The van der Waals surface area contributed by atoms with Crippen molar-refractivity contribution in [2.45, 2.75) is 6.54 Å². The van der Waals surface area contributed by atoms with Gasteiger partial charge in [0.1, 0.15) is 23.1 Å². The number of fused-ring (bicyclic) bond motifs is 1. The third-order valence-corrected chi connectivity index (χ3v) is 6.39. The number of morpholine rings is 1. The third kappa shape index (κ3) is 5.13. The van der Waals surface area contributed by atoms with E-state index in [2.05, 4.69) is 27.7 Å². The van der Waals surface area contributed by atoms with Crippen molar-refractivity contribution >= 4 is 27.4 Å². The zero-order valence-electron chi connectivity index (χ0n) is 18.2. The summed E-state index contributed by atoms with van der Waals surface area (Å²) < 4.78 is 24.9. The summed E-state index contributed by atoms with van der Waals surface area (Å²) in [5, 5.41) is 6.55. The Labute approximate surface area is 196 Å². The van der Waals surface area contributed by atoms with Crippen molar-refractivity contribution in [1.29, 1.82) is 0 Å². The minimum absolute atomic E-state index is 0.251. The first-order chi connectivity index (χ1) is 16.3. The van der Waals surface area contributed by atoms with Crippen LogP contribution in [0.1, 0.15) is 5.82 Å². The second-order valence-electron chi connectivity index (χ2n) is 7.78. The molecule has 170 valence electrons. The Morgan fingerprint density at radius 3 is 2.64 bits per heavy atom. The van der Waals surface area contributed by atoms with Crippen LogP contribution in [0.4, 0.5) is 10.2 Å². The lowest BCUT2D eigenvalue weighted by Gasteiger charge is -2.25. The minimum Gasteiger partial charge on any atom is -0.489 e. The van der Waals surface area contributed by atoms with Crippen LogP contribution in [0.15, 0.2) is 60.0 Å². The topological polar surface area (TPSA) is 59.5 Å². The number of halogens is 1. The Bertz CT molecular complexity index is 1210. The fraction of sp³-hybridized carbons (Fsp3) is 0.280.